The molecule has 5 nitrogen and oxygen atoms in total. The fourth-order valence-electron chi connectivity index (χ4n) is 1.49. The monoisotopic (exact) mass is 295 g/mol. The summed E-state index contributed by atoms with van der Waals surface area (Å²) in [5.41, 5.74) is 1.88. The van der Waals surface area contributed by atoms with Crippen molar-refractivity contribution >= 4 is 21.9 Å². The molecule has 2 rings (SSSR count). The van der Waals surface area contributed by atoms with Gasteiger partial charge >= 0.3 is 5.97 Å². The third kappa shape index (κ3) is 2.21. The molecule has 6 heteroatoms. The first-order chi connectivity index (χ1) is 7.99. The van der Waals surface area contributed by atoms with Gasteiger partial charge in [-0.25, -0.2) is 14.5 Å². The van der Waals surface area contributed by atoms with Crippen molar-refractivity contribution in [3.63, 3.8) is 0 Å². The molecule has 0 radical (unpaired) electrons. The number of aryl methyl sites for hydroxylation is 2. The highest BCUT2D eigenvalue weighted by atomic mass is 79.9. The van der Waals surface area contributed by atoms with Crippen LogP contribution >= 0.6 is 15.9 Å². The summed E-state index contributed by atoms with van der Waals surface area (Å²) in [5, 5.41) is 12.8. The van der Waals surface area contributed by atoms with E-state index >= 15 is 0 Å². The summed E-state index contributed by atoms with van der Waals surface area (Å²) in [6, 6.07) is 5.74. The summed E-state index contributed by atoms with van der Waals surface area (Å²) in [5.74, 6) is -0.794. The Morgan fingerprint density at radius 2 is 2.12 bits per heavy atom. The van der Waals surface area contributed by atoms with E-state index in [9.17, 15) is 4.79 Å². The van der Waals surface area contributed by atoms with Crippen LogP contribution < -0.4 is 0 Å². The van der Waals surface area contributed by atoms with Crippen LogP contribution in [0.4, 0.5) is 0 Å². The molecule has 1 N–H and O–H groups in total. The Kier molecular flexibility index (Phi) is 2.97. The molecule has 0 fully saturated rings. The average Bonchev–Trinajstić information content (AvgIpc) is 2.61. The van der Waals surface area contributed by atoms with Gasteiger partial charge in [-0.15, -0.1) is 5.10 Å². The normalized spacial score (nSPS) is 10.5. The molecule has 2 aromatic rings. The maximum Gasteiger partial charge on any atom is 0.375 e. The molecule has 0 aliphatic rings. The topological polar surface area (TPSA) is 68.0 Å². The molecule has 0 saturated carbocycles. The molecule has 0 saturated heterocycles. The summed E-state index contributed by atoms with van der Waals surface area (Å²) in [6.07, 6.45) is 0. The SMILES string of the molecule is Cc1ccc(-n2nc(C(=O)O)nc2C)c(Br)c1. The fraction of sp³-hybridized carbons (Fsp3) is 0.182. The molecule has 0 aliphatic heterocycles. The maximum absolute atomic E-state index is 10.8. The Morgan fingerprint density at radius 1 is 1.41 bits per heavy atom. The summed E-state index contributed by atoms with van der Waals surface area (Å²) >= 11 is 3.43. The van der Waals surface area contributed by atoms with E-state index in [0.29, 0.717) is 5.82 Å². The lowest BCUT2D eigenvalue weighted by molar-refractivity contribution is 0.0683. The van der Waals surface area contributed by atoms with Crippen LogP contribution in [0.5, 0.6) is 0 Å². The van der Waals surface area contributed by atoms with E-state index < -0.39 is 5.97 Å². The number of aromatic carboxylic acids is 1. The van der Waals surface area contributed by atoms with Crippen LogP contribution in [0.2, 0.25) is 0 Å². The van der Waals surface area contributed by atoms with Crippen LogP contribution in [-0.4, -0.2) is 25.8 Å². The number of rotatable bonds is 2. The van der Waals surface area contributed by atoms with Gasteiger partial charge in [0.15, 0.2) is 0 Å². The summed E-state index contributed by atoms with van der Waals surface area (Å²) in [4.78, 5) is 14.7. The van der Waals surface area contributed by atoms with Gasteiger partial charge in [0, 0.05) is 4.47 Å². The van der Waals surface area contributed by atoms with E-state index in [4.69, 9.17) is 5.11 Å². The van der Waals surface area contributed by atoms with Crippen molar-refractivity contribution in [2.24, 2.45) is 0 Å². The van der Waals surface area contributed by atoms with E-state index in [1.807, 2.05) is 25.1 Å². The molecular formula is C11H10BrN3O2. The van der Waals surface area contributed by atoms with Gasteiger partial charge < -0.3 is 5.11 Å². The minimum atomic E-state index is -1.13. The highest BCUT2D eigenvalue weighted by Crippen LogP contribution is 2.22. The predicted octanol–water partition coefficient (Wildman–Crippen LogP) is 2.34. The Balaban J connectivity index is 2.56. The van der Waals surface area contributed by atoms with Gasteiger partial charge in [-0.3, -0.25) is 0 Å². The number of halogens is 1. The Hall–Kier alpha value is -1.69. The molecule has 1 aromatic carbocycles. The number of carboxylic acids is 1. The zero-order chi connectivity index (χ0) is 12.6. The van der Waals surface area contributed by atoms with Crippen LogP contribution in [-0.2, 0) is 0 Å². The van der Waals surface area contributed by atoms with Gasteiger partial charge in [-0.1, -0.05) is 6.07 Å². The Labute approximate surface area is 106 Å². The van der Waals surface area contributed by atoms with Gasteiger partial charge in [0.05, 0.1) is 5.69 Å². The van der Waals surface area contributed by atoms with Crippen molar-refractivity contribution in [3.05, 3.63) is 39.9 Å². The van der Waals surface area contributed by atoms with Crippen LogP contribution in [0.15, 0.2) is 22.7 Å². The van der Waals surface area contributed by atoms with Crippen molar-refractivity contribution in [1.82, 2.24) is 14.8 Å². The molecule has 1 heterocycles. The molecular weight excluding hydrogens is 286 g/mol. The molecule has 0 atom stereocenters. The van der Waals surface area contributed by atoms with Crippen LogP contribution in [0.1, 0.15) is 22.0 Å². The smallest absolute Gasteiger partial charge is 0.375 e. The number of carbonyl (C=O) groups is 1. The number of aromatic nitrogens is 3. The van der Waals surface area contributed by atoms with Gasteiger partial charge in [-0.05, 0) is 47.5 Å². The first-order valence-corrected chi connectivity index (χ1v) is 5.72. The van der Waals surface area contributed by atoms with Crippen molar-refractivity contribution in [2.45, 2.75) is 13.8 Å². The number of carboxylic acid groups (broad SMARTS) is 1. The zero-order valence-corrected chi connectivity index (χ0v) is 10.9. The first-order valence-electron chi connectivity index (χ1n) is 4.92. The maximum atomic E-state index is 10.8. The fourth-order valence-corrected chi connectivity index (χ4v) is 2.15. The highest BCUT2D eigenvalue weighted by Gasteiger charge is 2.15. The minimum Gasteiger partial charge on any atom is -0.475 e. The van der Waals surface area contributed by atoms with E-state index in [-0.39, 0.29) is 5.82 Å². The highest BCUT2D eigenvalue weighted by molar-refractivity contribution is 9.10. The third-order valence-corrected chi connectivity index (χ3v) is 2.93. The number of hydrogen-bond acceptors (Lipinski definition) is 3. The Morgan fingerprint density at radius 3 is 2.65 bits per heavy atom. The predicted molar refractivity (Wildman–Crippen MR) is 65.5 cm³/mol. The molecule has 17 heavy (non-hydrogen) atoms. The standard InChI is InChI=1S/C11H10BrN3O2/c1-6-3-4-9(8(12)5-6)15-7(2)13-10(14-15)11(16)17/h3-5H,1-2H3,(H,16,17). The largest absolute Gasteiger partial charge is 0.475 e. The summed E-state index contributed by atoms with van der Waals surface area (Å²) in [6.45, 7) is 3.69. The van der Waals surface area contributed by atoms with E-state index in [1.165, 1.54) is 4.68 Å². The average molecular weight is 296 g/mol. The lowest BCUT2D eigenvalue weighted by Crippen LogP contribution is -2.03. The Bertz CT molecular complexity index is 592. The second kappa shape index (κ2) is 4.29. The molecule has 0 unspecified atom stereocenters. The van der Waals surface area contributed by atoms with Gasteiger partial charge in [0.1, 0.15) is 5.82 Å². The van der Waals surface area contributed by atoms with Crippen molar-refractivity contribution < 1.29 is 9.90 Å². The van der Waals surface area contributed by atoms with Gasteiger partial charge in [-0.2, -0.15) is 0 Å². The molecule has 0 aliphatic carbocycles. The molecule has 0 amide bonds. The number of hydrogen-bond donors (Lipinski definition) is 1. The summed E-state index contributed by atoms with van der Waals surface area (Å²) < 4.78 is 2.36. The third-order valence-electron chi connectivity index (χ3n) is 2.29. The quantitative estimate of drug-likeness (QED) is 0.923. The van der Waals surface area contributed by atoms with Gasteiger partial charge in [0.2, 0.25) is 0 Å². The van der Waals surface area contributed by atoms with Crippen molar-refractivity contribution in [3.8, 4) is 5.69 Å². The number of benzene rings is 1. The zero-order valence-electron chi connectivity index (χ0n) is 9.31. The minimum absolute atomic E-state index is 0.199. The lowest BCUT2D eigenvalue weighted by Gasteiger charge is -2.06. The van der Waals surface area contributed by atoms with Crippen LogP contribution in [0.3, 0.4) is 0 Å². The number of nitrogens with zero attached hydrogens (tertiary/aromatic N) is 3. The molecule has 0 spiro atoms. The first kappa shape index (κ1) is 11.8. The van der Waals surface area contributed by atoms with Crippen molar-refractivity contribution in [1.29, 1.82) is 0 Å². The van der Waals surface area contributed by atoms with E-state index in [2.05, 4.69) is 26.0 Å². The second-order valence-corrected chi connectivity index (χ2v) is 4.51. The summed E-state index contributed by atoms with van der Waals surface area (Å²) in [7, 11) is 0. The van der Waals surface area contributed by atoms with Crippen LogP contribution in [0.25, 0.3) is 5.69 Å². The molecule has 88 valence electrons. The second-order valence-electron chi connectivity index (χ2n) is 3.65. The molecule has 1 aromatic heterocycles. The van der Waals surface area contributed by atoms with Crippen LogP contribution in [0, 0.1) is 13.8 Å². The van der Waals surface area contributed by atoms with E-state index in [1.54, 1.807) is 6.92 Å². The lowest BCUT2D eigenvalue weighted by atomic mass is 10.2. The van der Waals surface area contributed by atoms with E-state index in [0.717, 1.165) is 15.7 Å². The van der Waals surface area contributed by atoms with Crippen molar-refractivity contribution in [2.75, 3.05) is 0 Å². The van der Waals surface area contributed by atoms with Gasteiger partial charge in [0.25, 0.3) is 5.82 Å². The molecule has 0 bridgehead atoms.